The Balaban J connectivity index is 2.11. The summed E-state index contributed by atoms with van der Waals surface area (Å²) >= 11 is 6.20. The van der Waals surface area contributed by atoms with E-state index in [1.165, 1.54) is 15.6 Å². The lowest BCUT2D eigenvalue weighted by atomic mass is 10.3. The second-order valence-electron chi connectivity index (χ2n) is 4.55. The summed E-state index contributed by atoms with van der Waals surface area (Å²) in [5, 5.41) is 7.04. The van der Waals surface area contributed by atoms with Crippen molar-refractivity contribution < 1.29 is 8.42 Å². The number of hydrogen-bond donors (Lipinski definition) is 1. The molecule has 0 bridgehead atoms. The molecular weight excluding hydrogens is 392 g/mol. The van der Waals surface area contributed by atoms with Crippen molar-refractivity contribution in [2.45, 2.75) is 24.2 Å². The van der Waals surface area contributed by atoms with Crippen LogP contribution in [0.4, 0.5) is 0 Å². The summed E-state index contributed by atoms with van der Waals surface area (Å²) in [5.41, 5.74) is 1.01. The second-order valence-corrected chi connectivity index (χ2v) is 9.64. The van der Waals surface area contributed by atoms with Crippen molar-refractivity contribution in [3.8, 4) is 0 Å². The van der Waals surface area contributed by atoms with Gasteiger partial charge in [0.15, 0.2) is 0 Å². The number of nitrogens with one attached hydrogen (secondary N) is 1. The summed E-state index contributed by atoms with van der Waals surface area (Å²) < 4.78 is 27.9. The summed E-state index contributed by atoms with van der Waals surface area (Å²) in [6, 6.07) is 3.70. The van der Waals surface area contributed by atoms with Crippen molar-refractivity contribution in [2.24, 2.45) is 0 Å². The standard InChI is InChI=1S/C13H17BrN2O2S3/c1-3-15-6-10-4-13(20-8-10)21(17,18)16(2)7-12-5-11(14)9-19-12/h4-5,8-9,15H,3,6-7H2,1-2H3. The average Bonchev–Trinajstić information content (AvgIpc) is 3.06. The molecule has 21 heavy (non-hydrogen) atoms. The van der Waals surface area contributed by atoms with Gasteiger partial charge in [0.2, 0.25) is 0 Å². The van der Waals surface area contributed by atoms with E-state index < -0.39 is 10.0 Å². The first-order valence-corrected chi connectivity index (χ1v) is 10.4. The van der Waals surface area contributed by atoms with Gasteiger partial charge < -0.3 is 5.32 Å². The van der Waals surface area contributed by atoms with Gasteiger partial charge in [0, 0.05) is 34.9 Å². The van der Waals surface area contributed by atoms with Crippen molar-refractivity contribution in [2.75, 3.05) is 13.6 Å². The van der Waals surface area contributed by atoms with E-state index in [1.807, 2.05) is 23.8 Å². The van der Waals surface area contributed by atoms with E-state index in [1.54, 1.807) is 24.5 Å². The van der Waals surface area contributed by atoms with Gasteiger partial charge in [0.05, 0.1) is 0 Å². The molecule has 2 aromatic rings. The van der Waals surface area contributed by atoms with E-state index in [0.29, 0.717) is 17.3 Å². The van der Waals surface area contributed by atoms with Gasteiger partial charge in [0.25, 0.3) is 10.0 Å². The summed E-state index contributed by atoms with van der Waals surface area (Å²) in [7, 11) is -1.80. The fourth-order valence-electron chi connectivity index (χ4n) is 1.75. The van der Waals surface area contributed by atoms with Crippen LogP contribution >= 0.6 is 38.6 Å². The number of hydrogen-bond acceptors (Lipinski definition) is 5. The molecule has 0 saturated heterocycles. The summed E-state index contributed by atoms with van der Waals surface area (Å²) in [4.78, 5) is 1.01. The molecule has 0 amide bonds. The van der Waals surface area contributed by atoms with Gasteiger partial charge in [-0.15, -0.1) is 22.7 Å². The molecule has 0 aromatic carbocycles. The highest BCUT2D eigenvalue weighted by Crippen LogP contribution is 2.26. The van der Waals surface area contributed by atoms with Gasteiger partial charge in [0.1, 0.15) is 4.21 Å². The van der Waals surface area contributed by atoms with Crippen LogP contribution < -0.4 is 5.32 Å². The van der Waals surface area contributed by atoms with Crippen molar-refractivity contribution in [3.63, 3.8) is 0 Å². The van der Waals surface area contributed by atoms with Gasteiger partial charge in [-0.25, -0.2) is 8.42 Å². The lowest BCUT2D eigenvalue weighted by Crippen LogP contribution is -2.25. The number of thiophene rings is 2. The molecule has 2 aromatic heterocycles. The zero-order valence-electron chi connectivity index (χ0n) is 11.8. The quantitative estimate of drug-likeness (QED) is 0.762. The van der Waals surface area contributed by atoms with E-state index in [0.717, 1.165) is 21.5 Å². The SMILES string of the molecule is CCNCc1csc(S(=O)(=O)N(C)Cc2cc(Br)cs2)c1. The molecule has 1 N–H and O–H groups in total. The smallest absolute Gasteiger partial charge is 0.252 e. The first-order valence-electron chi connectivity index (χ1n) is 6.41. The van der Waals surface area contributed by atoms with Crippen LogP contribution in [0.2, 0.25) is 0 Å². The first kappa shape index (κ1) is 17.1. The number of sulfonamides is 1. The molecule has 0 fully saturated rings. The molecule has 0 spiro atoms. The monoisotopic (exact) mass is 408 g/mol. The Morgan fingerprint density at radius 3 is 2.67 bits per heavy atom. The zero-order chi connectivity index (χ0) is 15.5. The molecule has 2 rings (SSSR count). The van der Waals surface area contributed by atoms with Crippen LogP contribution in [0, 0.1) is 0 Å². The molecule has 0 unspecified atom stereocenters. The van der Waals surface area contributed by atoms with E-state index in [9.17, 15) is 8.42 Å². The van der Waals surface area contributed by atoms with Crippen LogP contribution in [0.1, 0.15) is 17.4 Å². The van der Waals surface area contributed by atoms with E-state index >= 15 is 0 Å². The lowest BCUT2D eigenvalue weighted by Gasteiger charge is -2.14. The van der Waals surface area contributed by atoms with E-state index in [2.05, 4.69) is 21.2 Å². The minimum absolute atomic E-state index is 0.388. The van der Waals surface area contributed by atoms with Gasteiger partial charge in [-0.1, -0.05) is 6.92 Å². The van der Waals surface area contributed by atoms with Gasteiger partial charge >= 0.3 is 0 Å². The Kier molecular flexibility index (Phi) is 5.98. The third-order valence-electron chi connectivity index (χ3n) is 2.87. The normalized spacial score (nSPS) is 12.2. The molecule has 0 radical (unpaired) electrons. The highest BCUT2D eigenvalue weighted by Gasteiger charge is 2.23. The minimum atomic E-state index is -3.42. The molecule has 0 atom stereocenters. The largest absolute Gasteiger partial charge is 0.313 e. The molecule has 0 aliphatic carbocycles. The molecule has 2 heterocycles. The van der Waals surface area contributed by atoms with Crippen LogP contribution in [0.25, 0.3) is 0 Å². The van der Waals surface area contributed by atoms with E-state index in [4.69, 9.17) is 0 Å². The summed E-state index contributed by atoms with van der Waals surface area (Å²) in [6.07, 6.45) is 0. The fourth-order valence-corrected chi connectivity index (χ4v) is 5.90. The van der Waals surface area contributed by atoms with Crippen LogP contribution in [-0.2, 0) is 23.1 Å². The molecule has 0 aliphatic rings. The van der Waals surface area contributed by atoms with Crippen molar-refractivity contribution in [1.29, 1.82) is 0 Å². The van der Waals surface area contributed by atoms with Crippen LogP contribution in [0.5, 0.6) is 0 Å². The Morgan fingerprint density at radius 1 is 1.29 bits per heavy atom. The number of halogens is 1. The Bertz CT molecular complexity index is 694. The Hall–Kier alpha value is -0.250. The average molecular weight is 409 g/mol. The van der Waals surface area contributed by atoms with Gasteiger partial charge in [-0.3, -0.25) is 0 Å². The van der Waals surface area contributed by atoms with Crippen LogP contribution in [0.3, 0.4) is 0 Å². The molecule has 0 saturated carbocycles. The zero-order valence-corrected chi connectivity index (χ0v) is 15.8. The Labute approximate surface area is 142 Å². The number of rotatable bonds is 7. The van der Waals surface area contributed by atoms with Crippen molar-refractivity contribution in [3.05, 3.63) is 37.8 Å². The molecule has 8 heteroatoms. The molecular formula is C13H17BrN2O2S3. The first-order chi connectivity index (χ1) is 9.93. The second kappa shape index (κ2) is 7.34. The minimum Gasteiger partial charge on any atom is -0.313 e. The maximum Gasteiger partial charge on any atom is 0.252 e. The highest BCUT2D eigenvalue weighted by molar-refractivity contribution is 9.10. The maximum atomic E-state index is 12.5. The third-order valence-corrected chi connectivity index (χ3v) is 7.82. The Morgan fingerprint density at radius 2 is 2.05 bits per heavy atom. The van der Waals surface area contributed by atoms with Crippen molar-refractivity contribution >= 4 is 48.6 Å². The van der Waals surface area contributed by atoms with Crippen LogP contribution in [0.15, 0.2) is 31.6 Å². The number of nitrogens with zero attached hydrogens (tertiary/aromatic N) is 1. The highest BCUT2D eigenvalue weighted by atomic mass is 79.9. The fraction of sp³-hybridized carbons (Fsp3) is 0.385. The lowest BCUT2D eigenvalue weighted by molar-refractivity contribution is 0.471. The summed E-state index contributed by atoms with van der Waals surface area (Å²) in [6.45, 7) is 3.98. The van der Waals surface area contributed by atoms with Crippen molar-refractivity contribution in [1.82, 2.24) is 9.62 Å². The predicted octanol–water partition coefficient (Wildman–Crippen LogP) is 3.50. The third kappa shape index (κ3) is 4.37. The molecule has 4 nitrogen and oxygen atoms in total. The predicted molar refractivity (Wildman–Crippen MR) is 92.4 cm³/mol. The van der Waals surface area contributed by atoms with Gasteiger partial charge in [-0.2, -0.15) is 4.31 Å². The molecule has 0 aliphatic heterocycles. The van der Waals surface area contributed by atoms with E-state index in [-0.39, 0.29) is 0 Å². The maximum absolute atomic E-state index is 12.5. The van der Waals surface area contributed by atoms with Gasteiger partial charge in [-0.05, 0) is 45.6 Å². The van der Waals surface area contributed by atoms with Crippen LogP contribution in [-0.4, -0.2) is 26.3 Å². The molecule has 116 valence electrons. The summed E-state index contributed by atoms with van der Waals surface area (Å²) in [5.74, 6) is 0. The topological polar surface area (TPSA) is 49.4 Å².